The number of carbonyl (C=O) groups excluding carboxylic acids is 1. The van der Waals surface area contributed by atoms with Crippen LogP contribution in [0.3, 0.4) is 0 Å². The van der Waals surface area contributed by atoms with Crippen LogP contribution < -0.4 is 5.32 Å². The molecule has 164 valence electrons. The van der Waals surface area contributed by atoms with Crippen LogP contribution in [0.5, 0.6) is 0 Å². The maximum atomic E-state index is 12.9. The van der Waals surface area contributed by atoms with Crippen molar-refractivity contribution in [3.8, 4) is 0 Å². The largest absolute Gasteiger partial charge is 0.326 e. The van der Waals surface area contributed by atoms with Gasteiger partial charge in [-0.05, 0) is 62.1 Å². The number of hydrogen-bond acceptors (Lipinski definition) is 5. The van der Waals surface area contributed by atoms with Gasteiger partial charge in [-0.25, -0.2) is 13.1 Å². The first kappa shape index (κ1) is 21.5. The first-order valence-corrected chi connectivity index (χ1v) is 12.0. The molecule has 1 aliphatic heterocycles. The number of fused-ring (bicyclic) bond motifs is 1. The van der Waals surface area contributed by atoms with Gasteiger partial charge in [-0.2, -0.15) is 4.31 Å². The van der Waals surface area contributed by atoms with Crippen LogP contribution in [-0.4, -0.2) is 46.7 Å². The van der Waals surface area contributed by atoms with E-state index in [2.05, 4.69) is 15.6 Å². The van der Waals surface area contributed by atoms with Crippen molar-refractivity contribution in [1.29, 1.82) is 0 Å². The van der Waals surface area contributed by atoms with E-state index in [1.165, 1.54) is 0 Å². The van der Waals surface area contributed by atoms with E-state index in [-0.39, 0.29) is 17.2 Å². The molecule has 1 fully saturated rings. The van der Waals surface area contributed by atoms with Crippen LogP contribution in [-0.2, 0) is 21.4 Å². The molecule has 0 radical (unpaired) electrons. The molecule has 3 aromatic rings. The fourth-order valence-electron chi connectivity index (χ4n) is 3.84. The Bertz CT molecular complexity index is 1210. The number of benzene rings is 2. The minimum absolute atomic E-state index is 0.110. The van der Waals surface area contributed by atoms with Crippen LogP contribution >= 0.6 is 0 Å². The predicted molar refractivity (Wildman–Crippen MR) is 119 cm³/mol. The van der Waals surface area contributed by atoms with E-state index in [4.69, 9.17) is 0 Å². The summed E-state index contributed by atoms with van der Waals surface area (Å²) in [6.45, 7) is 5.45. The Morgan fingerprint density at radius 2 is 1.87 bits per heavy atom. The number of anilines is 1. The molecule has 0 bridgehead atoms. The number of aryl methyl sites for hydroxylation is 2. The second-order valence-electron chi connectivity index (χ2n) is 7.97. The zero-order valence-corrected chi connectivity index (χ0v) is 18.7. The standard InChI is InChI=1S/C22H27N5O3S/c1-16-7-6-8-19(17(16)2)23-22(28)11-14-27-21-10-9-18(15-20(21)24-25-27)31(29,30)26-12-4-3-5-13-26/h6-10,15H,3-5,11-14H2,1-2H3,(H,23,28). The molecule has 1 N–H and O–H groups in total. The highest BCUT2D eigenvalue weighted by Crippen LogP contribution is 2.24. The third kappa shape index (κ3) is 4.47. The molecule has 2 aromatic carbocycles. The summed E-state index contributed by atoms with van der Waals surface area (Å²) >= 11 is 0. The van der Waals surface area contributed by atoms with Gasteiger partial charge < -0.3 is 5.32 Å². The fourth-order valence-corrected chi connectivity index (χ4v) is 5.38. The third-order valence-corrected chi connectivity index (χ3v) is 7.76. The Labute approximate surface area is 182 Å². The fraction of sp³-hybridized carbons (Fsp3) is 0.409. The predicted octanol–water partition coefficient (Wildman–Crippen LogP) is 3.25. The highest BCUT2D eigenvalue weighted by Gasteiger charge is 2.26. The Balaban J connectivity index is 1.46. The minimum Gasteiger partial charge on any atom is -0.326 e. The zero-order chi connectivity index (χ0) is 22.0. The second-order valence-corrected chi connectivity index (χ2v) is 9.91. The Morgan fingerprint density at radius 3 is 2.65 bits per heavy atom. The third-order valence-electron chi connectivity index (χ3n) is 5.87. The van der Waals surface area contributed by atoms with E-state index in [0.717, 1.165) is 36.1 Å². The molecule has 1 aromatic heterocycles. The van der Waals surface area contributed by atoms with E-state index in [1.807, 2.05) is 32.0 Å². The van der Waals surface area contributed by atoms with E-state index < -0.39 is 10.0 Å². The highest BCUT2D eigenvalue weighted by atomic mass is 32.2. The molecule has 8 nitrogen and oxygen atoms in total. The van der Waals surface area contributed by atoms with Crippen molar-refractivity contribution in [2.45, 2.75) is 51.0 Å². The second kappa shape index (κ2) is 8.76. The number of sulfonamides is 1. The minimum atomic E-state index is -3.52. The molecule has 0 aliphatic carbocycles. The lowest BCUT2D eigenvalue weighted by Crippen LogP contribution is -2.35. The van der Waals surface area contributed by atoms with Crippen molar-refractivity contribution in [2.75, 3.05) is 18.4 Å². The summed E-state index contributed by atoms with van der Waals surface area (Å²) in [7, 11) is -3.52. The van der Waals surface area contributed by atoms with Crippen LogP contribution in [0.1, 0.15) is 36.8 Å². The molecule has 0 atom stereocenters. The number of amides is 1. The first-order valence-electron chi connectivity index (χ1n) is 10.6. The number of rotatable bonds is 6. The van der Waals surface area contributed by atoms with Crippen LogP contribution in [0.25, 0.3) is 11.0 Å². The summed E-state index contributed by atoms with van der Waals surface area (Å²) in [5.74, 6) is -0.110. The van der Waals surface area contributed by atoms with Crippen molar-refractivity contribution < 1.29 is 13.2 Å². The van der Waals surface area contributed by atoms with Gasteiger partial charge in [-0.3, -0.25) is 4.79 Å². The first-order chi connectivity index (χ1) is 14.9. The van der Waals surface area contributed by atoms with E-state index in [1.54, 1.807) is 27.2 Å². The van der Waals surface area contributed by atoms with Crippen molar-refractivity contribution in [3.63, 3.8) is 0 Å². The summed E-state index contributed by atoms with van der Waals surface area (Å²) in [5, 5.41) is 11.2. The molecule has 1 saturated heterocycles. The number of piperidine rings is 1. The van der Waals surface area contributed by atoms with Gasteiger partial charge in [0, 0.05) is 25.2 Å². The number of hydrogen-bond donors (Lipinski definition) is 1. The smallest absolute Gasteiger partial charge is 0.243 e. The summed E-state index contributed by atoms with van der Waals surface area (Å²) < 4.78 is 29.0. The maximum absolute atomic E-state index is 12.9. The van der Waals surface area contributed by atoms with Crippen molar-refractivity contribution in [2.24, 2.45) is 0 Å². The van der Waals surface area contributed by atoms with E-state index in [0.29, 0.717) is 30.7 Å². The highest BCUT2D eigenvalue weighted by molar-refractivity contribution is 7.89. The van der Waals surface area contributed by atoms with Gasteiger partial charge in [0.15, 0.2) is 0 Å². The molecule has 9 heteroatoms. The lowest BCUT2D eigenvalue weighted by Gasteiger charge is -2.25. The van der Waals surface area contributed by atoms with Crippen molar-refractivity contribution >= 4 is 32.7 Å². The molecule has 1 amide bonds. The molecule has 0 unspecified atom stereocenters. The summed E-state index contributed by atoms with van der Waals surface area (Å²) in [5.41, 5.74) is 4.19. The SMILES string of the molecule is Cc1cccc(NC(=O)CCn2nnc3cc(S(=O)(=O)N4CCCCC4)ccc32)c1C. The van der Waals surface area contributed by atoms with Crippen LogP contribution in [0.2, 0.25) is 0 Å². The Hall–Kier alpha value is -2.78. The van der Waals surface area contributed by atoms with E-state index in [9.17, 15) is 13.2 Å². The molecule has 1 aliphatic rings. The lowest BCUT2D eigenvalue weighted by molar-refractivity contribution is -0.116. The van der Waals surface area contributed by atoms with E-state index >= 15 is 0 Å². The Kier molecular flexibility index (Phi) is 6.06. The lowest BCUT2D eigenvalue weighted by atomic mass is 10.1. The summed E-state index contributed by atoms with van der Waals surface area (Å²) in [6, 6.07) is 10.7. The Morgan fingerprint density at radius 1 is 1.10 bits per heavy atom. The van der Waals surface area contributed by atoms with Gasteiger partial charge in [-0.1, -0.05) is 23.8 Å². The topological polar surface area (TPSA) is 97.2 Å². The average Bonchev–Trinajstić information content (AvgIpc) is 3.18. The normalized spacial score (nSPS) is 15.3. The molecule has 0 saturated carbocycles. The van der Waals surface area contributed by atoms with Gasteiger partial charge in [0.05, 0.1) is 17.0 Å². The molecular weight excluding hydrogens is 414 g/mol. The summed E-state index contributed by atoms with van der Waals surface area (Å²) in [6.07, 6.45) is 3.08. The molecule has 31 heavy (non-hydrogen) atoms. The van der Waals surface area contributed by atoms with Crippen LogP contribution in [0.4, 0.5) is 5.69 Å². The van der Waals surface area contributed by atoms with Gasteiger partial charge in [0.1, 0.15) is 5.52 Å². The van der Waals surface area contributed by atoms with Gasteiger partial charge in [-0.15, -0.1) is 5.10 Å². The monoisotopic (exact) mass is 441 g/mol. The molecule has 0 spiro atoms. The van der Waals surface area contributed by atoms with Crippen LogP contribution in [0, 0.1) is 13.8 Å². The number of carbonyl (C=O) groups is 1. The number of nitrogens with one attached hydrogen (secondary N) is 1. The molecule has 2 heterocycles. The maximum Gasteiger partial charge on any atom is 0.243 e. The molecular formula is C22H27N5O3S. The van der Waals surface area contributed by atoms with Crippen molar-refractivity contribution in [3.05, 3.63) is 47.5 Å². The van der Waals surface area contributed by atoms with Crippen molar-refractivity contribution in [1.82, 2.24) is 19.3 Å². The van der Waals surface area contributed by atoms with Gasteiger partial charge in [0.2, 0.25) is 15.9 Å². The van der Waals surface area contributed by atoms with Gasteiger partial charge >= 0.3 is 0 Å². The zero-order valence-electron chi connectivity index (χ0n) is 17.8. The quantitative estimate of drug-likeness (QED) is 0.633. The van der Waals surface area contributed by atoms with Gasteiger partial charge in [0.25, 0.3) is 0 Å². The summed E-state index contributed by atoms with van der Waals surface area (Å²) in [4.78, 5) is 12.6. The molecule has 4 rings (SSSR count). The number of nitrogens with zero attached hydrogens (tertiary/aromatic N) is 4. The van der Waals surface area contributed by atoms with Crippen LogP contribution in [0.15, 0.2) is 41.3 Å². The average molecular weight is 442 g/mol. The number of aromatic nitrogens is 3.